The molecule has 0 saturated heterocycles. The third-order valence-corrected chi connectivity index (χ3v) is 0.778. The SMILES string of the molecule is CC(=C/C#N)/C=C/CO. The van der Waals surface area contributed by atoms with Crippen LogP contribution < -0.4 is 0 Å². The fourth-order valence-electron chi connectivity index (χ4n) is 0.389. The van der Waals surface area contributed by atoms with Crippen molar-refractivity contribution < 1.29 is 5.11 Å². The monoisotopic (exact) mass is 123 g/mol. The lowest BCUT2D eigenvalue weighted by molar-refractivity contribution is 0.342. The molecule has 0 atom stereocenters. The highest BCUT2D eigenvalue weighted by atomic mass is 16.2. The largest absolute Gasteiger partial charge is 0.392 e. The van der Waals surface area contributed by atoms with Crippen LogP contribution in [0.15, 0.2) is 23.8 Å². The number of nitriles is 1. The van der Waals surface area contributed by atoms with E-state index in [0.717, 1.165) is 5.57 Å². The quantitative estimate of drug-likeness (QED) is 0.440. The summed E-state index contributed by atoms with van der Waals surface area (Å²) in [5, 5.41) is 16.4. The van der Waals surface area contributed by atoms with Gasteiger partial charge in [0.15, 0.2) is 0 Å². The minimum atomic E-state index is 0.0244. The van der Waals surface area contributed by atoms with Crippen LogP contribution >= 0.6 is 0 Å². The molecule has 1 N–H and O–H groups in total. The summed E-state index contributed by atoms with van der Waals surface area (Å²) < 4.78 is 0. The molecule has 0 saturated carbocycles. The molecule has 0 bridgehead atoms. The van der Waals surface area contributed by atoms with E-state index in [4.69, 9.17) is 10.4 Å². The molecule has 9 heavy (non-hydrogen) atoms. The Morgan fingerprint density at radius 1 is 1.78 bits per heavy atom. The molecule has 0 unspecified atom stereocenters. The number of rotatable bonds is 2. The molecule has 48 valence electrons. The Morgan fingerprint density at radius 2 is 2.44 bits per heavy atom. The number of aliphatic hydroxyl groups is 1. The van der Waals surface area contributed by atoms with Crippen LogP contribution in [0.4, 0.5) is 0 Å². The van der Waals surface area contributed by atoms with Gasteiger partial charge in [0.25, 0.3) is 0 Å². The van der Waals surface area contributed by atoms with E-state index in [9.17, 15) is 0 Å². The van der Waals surface area contributed by atoms with Gasteiger partial charge < -0.3 is 5.11 Å². The molecule has 0 fully saturated rings. The van der Waals surface area contributed by atoms with Crippen molar-refractivity contribution in [2.45, 2.75) is 6.92 Å². The molecule has 0 rings (SSSR count). The highest BCUT2D eigenvalue weighted by Crippen LogP contribution is 1.91. The van der Waals surface area contributed by atoms with Crippen molar-refractivity contribution in [3.63, 3.8) is 0 Å². The van der Waals surface area contributed by atoms with Crippen LogP contribution in [0.5, 0.6) is 0 Å². The number of aliphatic hydroxyl groups excluding tert-OH is 1. The van der Waals surface area contributed by atoms with E-state index in [-0.39, 0.29) is 6.61 Å². The molecule has 2 nitrogen and oxygen atoms in total. The molecule has 0 aliphatic carbocycles. The number of nitrogens with zero attached hydrogens (tertiary/aromatic N) is 1. The Labute approximate surface area is 54.7 Å². The first-order valence-electron chi connectivity index (χ1n) is 2.65. The van der Waals surface area contributed by atoms with Crippen LogP contribution in [0, 0.1) is 11.3 Å². The summed E-state index contributed by atoms with van der Waals surface area (Å²) in [4.78, 5) is 0. The second-order valence-electron chi connectivity index (χ2n) is 1.60. The Hall–Kier alpha value is -1.07. The second-order valence-corrected chi connectivity index (χ2v) is 1.60. The van der Waals surface area contributed by atoms with E-state index in [2.05, 4.69) is 0 Å². The molecule has 0 amide bonds. The van der Waals surface area contributed by atoms with Gasteiger partial charge in [0, 0.05) is 6.08 Å². The van der Waals surface area contributed by atoms with Crippen LogP contribution in [0.2, 0.25) is 0 Å². The molecule has 0 heterocycles. The van der Waals surface area contributed by atoms with Crippen molar-refractivity contribution in [2.24, 2.45) is 0 Å². The van der Waals surface area contributed by atoms with Crippen LogP contribution in [0.3, 0.4) is 0 Å². The van der Waals surface area contributed by atoms with E-state index in [1.165, 1.54) is 6.08 Å². The lowest BCUT2D eigenvalue weighted by Crippen LogP contribution is -1.71. The molecule has 0 aliphatic rings. The van der Waals surface area contributed by atoms with Crippen LogP contribution in [0.25, 0.3) is 0 Å². The topological polar surface area (TPSA) is 44.0 Å². The summed E-state index contributed by atoms with van der Waals surface area (Å²) in [6.07, 6.45) is 4.71. The first-order chi connectivity index (χ1) is 4.31. The average Bonchev–Trinajstić information content (AvgIpc) is 1.85. The fourth-order valence-corrected chi connectivity index (χ4v) is 0.389. The van der Waals surface area contributed by atoms with Gasteiger partial charge in [0.2, 0.25) is 0 Å². The van der Waals surface area contributed by atoms with Gasteiger partial charge in [-0.3, -0.25) is 0 Å². The zero-order chi connectivity index (χ0) is 7.11. The first-order valence-corrected chi connectivity index (χ1v) is 2.65. The van der Waals surface area contributed by atoms with E-state index in [1.54, 1.807) is 19.1 Å². The lowest BCUT2D eigenvalue weighted by Gasteiger charge is -1.82. The minimum absolute atomic E-state index is 0.0244. The van der Waals surface area contributed by atoms with Gasteiger partial charge in [-0.1, -0.05) is 12.2 Å². The highest BCUT2D eigenvalue weighted by Gasteiger charge is 1.76. The molecule has 0 spiro atoms. The summed E-state index contributed by atoms with van der Waals surface area (Å²) >= 11 is 0. The Balaban J connectivity index is 3.79. The maximum absolute atomic E-state index is 8.29. The summed E-state index contributed by atoms with van der Waals surface area (Å²) in [5.74, 6) is 0. The zero-order valence-corrected chi connectivity index (χ0v) is 5.33. The van der Waals surface area contributed by atoms with Crippen LogP contribution in [-0.4, -0.2) is 11.7 Å². The van der Waals surface area contributed by atoms with Gasteiger partial charge in [-0.15, -0.1) is 0 Å². The van der Waals surface area contributed by atoms with Gasteiger partial charge in [-0.2, -0.15) is 5.26 Å². The van der Waals surface area contributed by atoms with Crippen molar-refractivity contribution in [2.75, 3.05) is 6.61 Å². The molecular formula is C7H9NO. The maximum Gasteiger partial charge on any atom is 0.0914 e. The molecule has 0 aromatic heterocycles. The minimum Gasteiger partial charge on any atom is -0.392 e. The fraction of sp³-hybridized carbons (Fsp3) is 0.286. The predicted octanol–water partition coefficient (Wildman–Crippen LogP) is 1.00. The Morgan fingerprint density at radius 3 is 2.89 bits per heavy atom. The smallest absolute Gasteiger partial charge is 0.0914 e. The molecular weight excluding hydrogens is 114 g/mol. The Bertz CT molecular complexity index is 162. The maximum atomic E-state index is 8.29. The molecule has 0 aliphatic heterocycles. The second kappa shape index (κ2) is 5.07. The van der Waals surface area contributed by atoms with Gasteiger partial charge in [0.05, 0.1) is 12.7 Å². The van der Waals surface area contributed by atoms with Crippen molar-refractivity contribution in [1.82, 2.24) is 0 Å². The summed E-state index contributed by atoms with van der Waals surface area (Å²) in [7, 11) is 0. The third kappa shape index (κ3) is 4.79. The van der Waals surface area contributed by atoms with Crippen molar-refractivity contribution in [1.29, 1.82) is 5.26 Å². The lowest BCUT2D eigenvalue weighted by atomic mass is 10.3. The van der Waals surface area contributed by atoms with E-state index >= 15 is 0 Å². The average molecular weight is 123 g/mol. The summed E-state index contributed by atoms with van der Waals surface area (Å²) in [5.41, 5.74) is 0.853. The number of hydrogen-bond donors (Lipinski definition) is 1. The summed E-state index contributed by atoms with van der Waals surface area (Å²) in [6.45, 7) is 1.83. The van der Waals surface area contributed by atoms with E-state index in [0.29, 0.717) is 0 Å². The van der Waals surface area contributed by atoms with Crippen molar-refractivity contribution >= 4 is 0 Å². The van der Waals surface area contributed by atoms with E-state index in [1.807, 2.05) is 6.07 Å². The standard InChI is InChI=1S/C7H9NO/c1-7(4-5-8)3-2-6-9/h2-4,9H,6H2,1H3/b3-2+,7-4-. The van der Waals surface area contributed by atoms with Gasteiger partial charge in [-0.05, 0) is 12.5 Å². The predicted molar refractivity (Wildman–Crippen MR) is 35.6 cm³/mol. The molecule has 0 aromatic rings. The number of hydrogen-bond acceptors (Lipinski definition) is 2. The van der Waals surface area contributed by atoms with Crippen molar-refractivity contribution in [3.05, 3.63) is 23.8 Å². The summed E-state index contributed by atoms with van der Waals surface area (Å²) in [6, 6.07) is 1.88. The van der Waals surface area contributed by atoms with Crippen LogP contribution in [0.1, 0.15) is 6.92 Å². The number of allylic oxidation sites excluding steroid dienone is 3. The third-order valence-electron chi connectivity index (χ3n) is 0.778. The molecule has 2 heteroatoms. The van der Waals surface area contributed by atoms with Crippen LogP contribution in [-0.2, 0) is 0 Å². The van der Waals surface area contributed by atoms with Gasteiger partial charge in [0.1, 0.15) is 0 Å². The zero-order valence-electron chi connectivity index (χ0n) is 5.33. The van der Waals surface area contributed by atoms with Gasteiger partial charge >= 0.3 is 0 Å². The van der Waals surface area contributed by atoms with Gasteiger partial charge in [-0.25, -0.2) is 0 Å². The normalized spacial score (nSPS) is 11.9. The Kier molecular flexibility index (Phi) is 4.47. The highest BCUT2D eigenvalue weighted by molar-refractivity contribution is 5.22. The molecule has 0 aromatic carbocycles. The van der Waals surface area contributed by atoms with Crippen molar-refractivity contribution in [3.8, 4) is 6.07 Å². The molecule has 0 radical (unpaired) electrons. The first kappa shape index (κ1) is 7.93. The van der Waals surface area contributed by atoms with E-state index < -0.39 is 0 Å².